The monoisotopic (exact) mass is 900 g/mol. The standard InChI is InChI=1S/C55H56N4O8/c1-3-63-54(61)43-25-23-41-48(50-39-21-19-37(60)29-46(39)65-28-27-58(50)52(41)56-43)36-17-15-34(16-18-36)45-32-67-47-30-38(66-31-33-11-7-5-8-12-33)20-22-40(47)51-49(35-13-9-6-10-14-35)42-24-26-44(55(62)64-4-2)57-53(42)59(45)51/h5,7-8,11-12,19-26,29-30,34-36,45,60H,3-4,6,9-10,13-18,27-28,31-32H2,1-2H3. The second-order valence-electron chi connectivity index (χ2n) is 18.4. The van der Waals surface area contributed by atoms with E-state index in [-0.39, 0.29) is 42.5 Å². The maximum Gasteiger partial charge on any atom is 0.356 e. The van der Waals surface area contributed by atoms with Gasteiger partial charge < -0.3 is 37.9 Å². The van der Waals surface area contributed by atoms with Crippen molar-refractivity contribution >= 4 is 34.0 Å². The summed E-state index contributed by atoms with van der Waals surface area (Å²) in [6.07, 6.45) is 9.38. The van der Waals surface area contributed by atoms with Crippen LogP contribution in [0.25, 0.3) is 44.6 Å². The zero-order chi connectivity index (χ0) is 45.6. The number of esters is 2. The fraction of sp³-hybridized carbons (Fsp3) is 0.382. The molecule has 7 aromatic rings. The zero-order valence-electron chi connectivity index (χ0n) is 38.2. The van der Waals surface area contributed by atoms with Crippen molar-refractivity contribution in [2.45, 2.75) is 103 Å². The number of hydrogen-bond donors (Lipinski definition) is 1. The molecule has 4 aromatic heterocycles. The largest absolute Gasteiger partial charge is 0.508 e. The van der Waals surface area contributed by atoms with Gasteiger partial charge in [0.15, 0.2) is 11.4 Å². The zero-order valence-corrected chi connectivity index (χ0v) is 38.2. The number of aromatic nitrogens is 4. The van der Waals surface area contributed by atoms with Gasteiger partial charge in [-0.2, -0.15) is 0 Å². The highest BCUT2D eigenvalue weighted by molar-refractivity contribution is 5.97. The number of aromatic hydroxyl groups is 1. The van der Waals surface area contributed by atoms with Crippen LogP contribution in [0.5, 0.6) is 23.0 Å². The quantitative estimate of drug-likeness (QED) is 0.132. The lowest BCUT2D eigenvalue weighted by Crippen LogP contribution is -2.28. The molecule has 12 nitrogen and oxygen atoms in total. The van der Waals surface area contributed by atoms with Crippen molar-refractivity contribution in [2.24, 2.45) is 5.92 Å². The van der Waals surface area contributed by atoms with E-state index in [0.717, 1.165) is 100 Å². The van der Waals surface area contributed by atoms with Gasteiger partial charge in [0.25, 0.3) is 0 Å². The SMILES string of the molecule is CCOC(=O)c1ccc2c(C3CCC(C4COc5cc(OCc6ccccc6)ccc5-c5c(C6CCCCC6)c6ccc(C(=O)OCC)nc6n54)CC3)c3n(c2n1)CCOc1cc(O)ccc1-3. The van der Waals surface area contributed by atoms with Crippen molar-refractivity contribution in [2.75, 3.05) is 26.4 Å². The summed E-state index contributed by atoms with van der Waals surface area (Å²) in [7, 11) is 0. The number of carbonyl (C=O) groups excluding carboxylic acids is 2. The lowest BCUT2D eigenvalue weighted by atomic mass is 9.75. The molecule has 0 saturated heterocycles. The number of pyridine rings is 2. The Morgan fingerprint density at radius 2 is 1.33 bits per heavy atom. The Kier molecular flexibility index (Phi) is 11.6. The first-order chi connectivity index (χ1) is 32.9. The van der Waals surface area contributed by atoms with Crippen LogP contribution in [0.1, 0.15) is 127 Å². The van der Waals surface area contributed by atoms with Gasteiger partial charge in [-0.1, -0.05) is 49.6 Å². The van der Waals surface area contributed by atoms with E-state index in [1.165, 1.54) is 30.4 Å². The number of hydrogen-bond acceptors (Lipinski definition) is 10. The molecule has 3 aromatic carbocycles. The van der Waals surface area contributed by atoms with Crippen LogP contribution in [0.2, 0.25) is 0 Å². The Bertz CT molecular complexity index is 3000. The van der Waals surface area contributed by atoms with E-state index < -0.39 is 11.9 Å². The minimum Gasteiger partial charge on any atom is -0.508 e. The molecule has 2 aliphatic carbocycles. The number of ether oxygens (including phenoxy) is 5. The van der Waals surface area contributed by atoms with Crippen molar-refractivity contribution in [1.29, 1.82) is 0 Å². The van der Waals surface area contributed by atoms with Crippen molar-refractivity contribution in [3.63, 3.8) is 0 Å². The third-order valence-corrected chi connectivity index (χ3v) is 14.5. The summed E-state index contributed by atoms with van der Waals surface area (Å²) in [6, 6.07) is 29.5. The highest BCUT2D eigenvalue weighted by atomic mass is 16.5. The first-order valence-electron chi connectivity index (χ1n) is 24.2. The van der Waals surface area contributed by atoms with Gasteiger partial charge in [-0.3, -0.25) is 0 Å². The van der Waals surface area contributed by atoms with E-state index >= 15 is 0 Å². The maximum atomic E-state index is 13.4. The number of carbonyl (C=O) groups is 2. The van der Waals surface area contributed by atoms with Crippen LogP contribution in [-0.4, -0.2) is 62.6 Å². The van der Waals surface area contributed by atoms with E-state index in [2.05, 4.69) is 39.5 Å². The predicted molar refractivity (Wildman–Crippen MR) is 255 cm³/mol. The van der Waals surface area contributed by atoms with E-state index in [0.29, 0.717) is 43.7 Å². The summed E-state index contributed by atoms with van der Waals surface area (Å²) in [5.41, 5.74) is 9.76. The van der Waals surface area contributed by atoms with E-state index in [1.54, 1.807) is 25.1 Å². The number of phenolic OH excluding ortho intramolecular Hbond substituents is 1. The molecule has 6 heterocycles. The Morgan fingerprint density at radius 1 is 0.687 bits per heavy atom. The number of rotatable bonds is 10. The normalized spacial score (nSPS) is 19.2. The molecule has 67 heavy (non-hydrogen) atoms. The number of benzene rings is 3. The lowest BCUT2D eigenvalue weighted by molar-refractivity contribution is 0.0510. The molecule has 1 unspecified atom stereocenters. The third kappa shape index (κ3) is 7.83. The third-order valence-electron chi connectivity index (χ3n) is 14.5. The molecular weight excluding hydrogens is 845 g/mol. The smallest absolute Gasteiger partial charge is 0.356 e. The molecule has 11 rings (SSSR count). The Balaban J connectivity index is 1.00. The molecule has 344 valence electrons. The van der Waals surface area contributed by atoms with Crippen LogP contribution in [0.3, 0.4) is 0 Å². The van der Waals surface area contributed by atoms with Crippen LogP contribution < -0.4 is 14.2 Å². The van der Waals surface area contributed by atoms with Crippen LogP contribution in [0.15, 0.2) is 91.0 Å². The molecule has 1 N–H and O–H groups in total. The maximum absolute atomic E-state index is 13.4. The summed E-state index contributed by atoms with van der Waals surface area (Å²) < 4.78 is 35.2. The first kappa shape index (κ1) is 42.8. The molecule has 1 atom stereocenters. The lowest BCUT2D eigenvalue weighted by Gasteiger charge is -2.35. The molecule has 0 spiro atoms. The topological polar surface area (TPSA) is 136 Å². The average molecular weight is 901 g/mol. The highest BCUT2D eigenvalue weighted by Gasteiger charge is 2.40. The number of nitrogens with zero attached hydrogens (tertiary/aromatic N) is 4. The van der Waals surface area contributed by atoms with Crippen LogP contribution in [-0.2, 0) is 22.6 Å². The minimum atomic E-state index is -0.451. The molecule has 4 aliphatic rings. The second kappa shape index (κ2) is 18.1. The van der Waals surface area contributed by atoms with E-state index in [1.807, 2.05) is 49.4 Å². The molecule has 0 radical (unpaired) electrons. The Hall–Kier alpha value is -6.82. The molecule has 12 heteroatoms. The average Bonchev–Trinajstić information content (AvgIpc) is 3.71. The van der Waals surface area contributed by atoms with Crippen LogP contribution >= 0.6 is 0 Å². The van der Waals surface area contributed by atoms with E-state index in [4.69, 9.17) is 33.7 Å². The number of fused-ring (bicyclic) bond motifs is 10. The van der Waals surface area contributed by atoms with Gasteiger partial charge in [0.2, 0.25) is 0 Å². The van der Waals surface area contributed by atoms with Gasteiger partial charge in [-0.05, 0) is 135 Å². The predicted octanol–water partition coefficient (Wildman–Crippen LogP) is 11.7. The molecule has 0 bridgehead atoms. The molecule has 0 amide bonds. The summed E-state index contributed by atoms with van der Waals surface area (Å²) in [5, 5.41) is 12.6. The number of phenols is 1. The van der Waals surface area contributed by atoms with Crippen molar-refractivity contribution in [3.05, 3.63) is 119 Å². The fourth-order valence-electron chi connectivity index (χ4n) is 11.5. The Labute approximate surface area is 389 Å². The van der Waals surface area contributed by atoms with Gasteiger partial charge >= 0.3 is 11.9 Å². The molecule has 2 fully saturated rings. The summed E-state index contributed by atoms with van der Waals surface area (Å²) in [5.74, 6) is 2.16. The summed E-state index contributed by atoms with van der Waals surface area (Å²) in [4.78, 5) is 36.5. The molecular formula is C55H56N4O8. The first-order valence-corrected chi connectivity index (χ1v) is 24.2. The van der Waals surface area contributed by atoms with Crippen LogP contribution in [0.4, 0.5) is 0 Å². The van der Waals surface area contributed by atoms with Gasteiger partial charge in [0.05, 0.1) is 37.2 Å². The Morgan fingerprint density at radius 3 is 2.06 bits per heavy atom. The highest BCUT2D eigenvalue weighted by Crippen LogP contribution is 2.54. The van der Waals surface area contributed by atoms with Crippen molar-refractivity contribution in [3.8, 4) is 45.5 Å². The van der Waals surface area contributed by atoms with Gasteiger partial charge in [-0.25, -0.2) is 19.6 Å². The van der Waals surface area contributed by atoms with Crippen molar-refractivity contribution in [1.82, 2.24) is 19.1 Å². The van der Waals surface area contributed by atoms with E-state index in [9.17, 15) is 14.7 Å². The fourth-order valence-corrected chi connectivity index (χ4v) is 11.5. The summed E-state index contributed by atoms with van der Waals surface area (Å²) >= 11 is 0. The van der Waals surface area contributed by atoms with Crippen molar-refractivity contribution < 1.29 is 38.4 Å². The van der Waals surface area contributed by atoms with Crippen LogP contribution in [0, 0.1) is 5.92 Å². The van der Waals surface area contributed by atoms with Gasteiger partial charge in [0.1, 0.15) is 54.1 Å². The molecule has 2 saturated carbocycles. The molecule has 2 aliphatic heterocycles. The summed E-state index contributed by atoms with van der Waals surface area (Å²) in [6.45, 7) is 5.94. The second-order valence-corrected chi connectivity index (χ2v) is 18.4. The van der Waals surface area contributed by atoms with Gasteiger partial charge in [-0.15, -0.1) is 0 Å². The van der Waals surface area contributed by atoms with Gasteiger partial charge in [0, 0.05) is 34.0 Å². The minimum absolute atomic E-state index is 0.0874.